The highest BCUT2D eigenvalue weighted by atomic mass is 19.1. The van der Waals surface area contributed by atoms with Gasteiger partial charge in [0.1, 0.15) is 5.82 Å². The standard InChI is InChI=1S/C14H22FN/c1-14(2,3)10-13(16(4)5)11-8-6-7-9-12(11)15/h6-9,13H,10H2,1-5H3. The van der Waals surface area contributed by atoms with Crippen molar-refractivity contribution in [3.8, 4) is 0 Å². The Hall–Kier alpha value is -0.890. The second-order valence-electron chi connectivity index (χ2n) is 5.77. The van der Waals surface area contributed by atoms with Gasteiger partial charge in [0, 0.05) is 11.6 Å². The van der Waals surface area contributed by atoms with Gasteiger partial charge in [-0.15, -0.1) is 0 Å². The van der Waals surface area contributed by atoms with E-state index >= 15 is 0 Å². The van der Waals surface area contributed by atoms with Gasteiger partial charge in [-0.25, -0.2) is 4.39 Å². The van der Waals surface area contributed by atoms with E-state index in [9.17, 15) is 4.39 Å². The summed E-state index contributed by atoms with van der Waals surface area (Å²) in [7, 11) is 4.01. The Kier molecular flexibility index (Phi) is 4.09. The Morgan fingerprint density at radius 2 is 1.75 bits per heavy atom. The molecule has 0 aliphatic rings. The monoisotopic (exact) mass is 223 g/mol. The van der Waals surface area contributed by atoms with E-state index in [1.807, 2.05) is 26.2 Å². The van der Waals surface area contributed by atoms with Crippen LogP contribution in [0.3, 0.4) is 0 Å². The fourth-order valence-electron chi connectivity index (χ4n) is 1.90. The van der Waals surface area contributed by atoms with E-state index in [-0.39, 0.29) is 17.3 Å². The maximum absolute atomic E-state index is 13.7. The molecule has 0 saturated heterocycles. The molecule has 0 aliphatic heterocycles. The average Bonchev–Trinajstić information content (AvgIpc) is 2.13. The van der Waals surface area contributed by atoms with Gasteiger partial charge in [0.2, 0.25) is 0 Å². The summed E-state index contributed by atoms with van der Waals surface area (Å²) >= 11 is 0. The number of hydrogen-bond acceptors (Lipinski definition) is 1. The molecule has 1 aromatic carbocycles. The molecule has 0 spiro atoms. The minimum absolute atomic E-state index is 0.106. The Labute approximate surface area is 98.3 Å². The molecule has 90 valence electrons. The van der Waals surface area contributed by atoms with Crippen molar-refractivity contribution in [2.24, 2.45) is 5.41 Å². The van der Waals surface area contributed by atoms with Gasteiger partial charge in [-0.1, -0.05) is 39.0 Å². The lowest BCUT2D eigenvalue weighted by Gasteiger charge is -2.31. The zero-order valence-corrected chi connectivity index (χ0v) is 10.9. The van der Waals surface area contributed by atoms with Crippen LogP contribution in [0, 0.1) is 11.2 Å². The first-order valence-electron chi connectivity index (χ1n) is 5.72. The predicted octanol–water partition coefficient (Wildman–Crippen LogP) is 3.86. The second-order valence-corrected chi connectivity index (χ2v) is 5.77. The minimum atomic E-state index is -0.106. The highest BCUT2D eigenvalue weighted by Gasteiger charge is 2.23. The first-order valence-corrected chi connectivity index (χ1v) is 5.72. The third-order valence-corrected chi connectivity index (χ3v) is 2.69. The van der Waals surface area contributed by atoms with E-state index in [2.05, 4.69) is 25.7 Å². The van der Waals surface area contributed by atoms with E-state index in [4.69, 9.17) is 0 Å². The Morgan fingerprint density at radius 3 is 2.19 bits per heavy atom. The first-order chi connectivity index (χ1) is 7.31. The third-order valence-electron chi connectivity index (χ3n) is 2.69. The van der Waals surface area contributed by atoms with E-state index in [0.717, 1.165) is 12.0 Å². The molecule has 1 atom stereocenters. The molecule has 0 fully saturated rings. The van der Waals surface area contributed by atoms with Gasteiger partial charge in [0.25, 0.3) is 0 Å². The molecule has 0 aliphatic carbocycles. The zero-order chi connectivity index (χ0) is 12.3. The average molecular weight is 223 g/mol. The number of nitrogens with zero attached hydrogens (tertiary/aromatic N) is 1. The lowest BCUT2D eigenvalue weighted by molar-refractivity contribution is 0.207. The smallest absolute Gasteiger partial charge is 0.127 e. The molecule has 2 heteroatoms. The summed E-state index contributed by atoms with van der Waals surface area (Å²) in [5, 5.41) is 0. The normalized spacial score (nSPS) is 14.2. The Bertz CT molecular complexity index is 339. The van der Waals surface area contributed by atoms with Crippen molar-refractivity contribution in [2.45, 2.75) is 33.2 Å². The summed E-state index contributed by atoms with van der Waals surface area (Å²) in [5.41, 5.74) is 0.986. The van der Waals surface area contributed by atoms with Gasteiger partial charge in [-0.2, -0.15) is 0 Å². The van der Waals surface area contributed by atoms with Crippen molar-refractivity contribution in [3.05, 3.63) is 35.6 Å². The number of rotatable bonds is 3. The third kappa shape index (κ3) is 3.60. The van der Waals surface area contributed by atoms with E-state index in [1.54, 1.807) is 6.07 Å². The van der Waals surface area contributed by atoms with Crippen LogP contribution in [0.25, 0.3) is 0 Å². The molecule has 0 saturated carbocycles. The van der Waals surface area contributed by atoms with E-state index in [0.29, 0.717) is 0 Å². The molecular weight excluding hydrogens is 201 g/mol. The highest BCUT2D eigenvalue weighted by molar-refractivity contribution is 5.21. The summed E-state index contributed by atoms with van der Waals surface area (Å²) in [4.78, 5) is 2.09. The molecule has 16 heavy (non-hydrogen) atoms. The molecule has 1 aromatic rings. The molecule has 0 heterocycles. The summed E-state index contributed by atoms with van der Waals surface area (Å²) < 4.78 is 13.7. The van der Waals surface area contributed by atoms with Gasteiger partial charge in [-0.05, 0) is 32.0 Å². The van der Waals surface area contributed by atoms with Crippen molar-refractivity contribution in [1.82, 2.24) is 4.90 Å². The Balaban J connectivity index is 2.99. The van der Waals surface area contributed by atoms with Crippen LogP contribution >= 0.6 is 0 Å². The van der Waals surface area contributed by atoms with Gasteiger partial charge >= 0.3 is 0 Å². The minimum Gasteiger partial charge on any atom is -0.302 e. The molecular formula is C14H22FN. The van der Waals surface area contributed by atoms with Gasteiger partial charge in [0.05, 0.1) is 0 Å². The Morgan fingerprint density at radius 1 is 1.19 bits per heavy atom. The topological polar surface area (TPSA) is 3.24 Å². The quantitative estimate of drug-likeness (QED) is 0.752. The maximum Gasteiger partial charge on any atom is 0.127 e. The van der Waals surface area contributed by atoms with Crippen LogP contribution in [0.4, 0.5) is 4.39 Å². The van der Waals surface area contributed by atoms with Gasteiger partial charge in [0.15, 0.2) is 0 Å². The second kappa shape index (κ2) is 4.96. The van der Waals surface area contributed by atoms with Crippen LogP contribution in [0.15, 0.2) is 24.3 Å². The van der Waals surface area contributed by atoms with Crippen molar-refractivity contribution in [2.75, 3.05) is 14.1 Å². The molecule has 0 aromatic heterocycles. The molecule has 0 amide bonds. The number of hydrogen-bond donors (Lipinski definition) is 0. The van der Waals surface area contributed by atoms with Crippen LogP contribution in [-0.2, 0) is 0 Å². The first kappa shape index (κ1) is 13.2. The van der Waals surface area contributed by atoms with Gasteiger partial charge in [-0.3, -0.25) is 0 Å². The molecule has 0 N–H and O–H groups in total. The number of benzene rings is 1. The highest BCUT2D eigenvalue weighted by Crippen LogP contribution is 2.33. The summed E-state index contributed by atoms with van der Waals surface area (Å²) in [6.45, 7) is 6.55. The molecule has 1 rings (SSSR count). The van der Waals surface area contributed by atoms with Crippen LogP contribution < -0.4 is 0 Å². The summed E-state index contributed by atoms with van der Waals surface area (Å²) in [6, 6.07) is 7.20. The predicted molar refractivity (Wildman–Crippen MR) is 66.9 cm³/mol. The van der Waals surface area contributed by atoms with E-state index in [1.165, 1.54) is 6.07 Å². The van der Waals surface area contributed by atoms with Crippen molar-refractivity contribution < 1.29 is 4.39 Å². The fourth-order valence-corrected chi connectivity index (χ4v) is 1.90. The van der Waals surface area contributed by atoms with Gasteiger partial charge < -0.3 is 4.90 Å². The van der Waals surface area contributed by atoms with Crippen molar-refractivity contribution >= 4 is 0 Å². The summed E-state index contributed by atoms with van der Waals surface area (Å²) in [6.07, 6.45) is 0.945. The van der Waals surface area contributed by atoms with Crippen molar-refractivity contribution in [3.63, 3.8) is 0 Å². The van der Waals surface area contributed by atoms with E-state index < -0.39 is 0 Å². The van der Waals surface area contributed by atoms with Crippen molar-refractivity contribution in [1.29, 1.82) is 0 Å². The van der Waals surface area contributed by atoms with Crippen LogP contribution in [0.5, 0.6) is 0 Å². The lowest BCUT2D eigenvalue weighted by Crippen LogP contribution is -2.25. The lowest BCUT2D eigenvalue weighted by atomic mass is 9.85. The molecule has 0 bridgehead atoms. The van der Waals surface area contributed by atoms with Crippen LogP contribution in [0.2, 0.25) is 0 Å². The fraction of sp³-hybridized carbons (Fsp3) is 0.571. The molecule has 1 unspecified atom stereocenters. The number of halogens is 1. The zero-order valence-electron chi connectivity index (χ0n) is 10.9. The maximum atomic E-state index is 13.7. The SMILES string of the molecule is CN(C)C(CC(C)(C)C)c1ccccc1F. The van der Waals surface area contributed by atoms with Crippen LogP contribution in [-0.4, -0.2) is 19.0 Å². The molecule has 1 nitrogen and oxygen atoms in total. The largest absolute Gasteiger partial charge is 0.302 e. The summed E-state index contributed by atoms with van der Waals surface area (Å²) in [5.74, 6) is -0.106. The van der Waals surface area contributed by atoms with Crippen LogP contribution in [0.1, 0.15) is 38.8 Å². The molecule has 0 radical (unpaired) electrons.